The van der Waals surface area contributed by atoms with Gasteiger partial charge in [-0.3, -0.25) is 4.79 Å². The van der Waals surface area contributed by atoms with Crippen molar-refractivity contribution in [1.82, 2.24) is 4.98 Å². The van der Waals surface area contributed by atoms with Crippen LogP contribution >= 0.6 is 11.3 Å². The first-order valence-electron chi connectivity index (χ1n) is 9.72. The average Bonchev–Trinajstić information content (AvgIpc) is 3.15. The van der Waals surface area contributed by atoms with E-state index in [0.717, 1.165) is 29.5 Å². The molecule has 0 saturated heterocycles. The fraction of sp³-hybridized carbons (Fsp3) is 0.130. The van der Waals surface area contributed by atoms with Gasteiger partial charge in [0.2, 0.25) is 0 Å². The van der Waals surface area contributed by atoms with Crippen LogP contribution in [0.4, 0.5) is 28.9 Å². The quantitative estimate of drug-likeness (QED) is 0.336. The number of carbonyl (C=O) groups is 1. The van der Waals surface area contributed by atoms with Crippen LogP contribution in [0.1, 0.15) is 15.2 Å². The number of aromatic nitrogens is 1. The summed E-state index contributed by atoms with van der Waals surface area (Å²) in [5.41, 5.74) is 5.29. The maximum atomic E-state index is 14.0. The molecule has 0 aliphatic rings. The molecule has 34 heavy (non-hydrogen) atoms. The zero-order chi connectivity index (χ0) is 24.6. The summed E-state index contributed by atoms with van der Waals surface area (Å²) < 4.78 is 65.5. The molecule has 2 heterocycles. The Kier molecular flexibility index (Phi) is 6.05. The van der Waals surface area contributed by atoms with Gasteiger partial charge in [-0.15, -0.1) is 11.3 Å². The highest BCUT2D eigenvalue weighted by molar-refractivity contribution is 7.21. The third-order valence-corrected chi connectivity index (χ3v) is 6.09. The summed E-state index contributed by atoms with van der Waals surface area (Å²) in [7, 11) is 2.85. The Hall–Kier alpha value is -3.86. The molecule has 0 bridgehead atoms. The van der Waals surface area contributed by atoms with Crippen molar-refractivity contribution in [2.45, 2.75) is 6.18 Å². The van der Waals surface area contributed by atoms with Gasteiger partial charge in [-0.2, -0.15) is 13.2 Å². The standard InChI is InChI=1S/C23H17F4N3O3S/c1-32-16-8-3-11(9-17(16)33-2)15-10-14(23(25,26)27)18-19(28)20(34-22(18)30-15)21(31)29-13-6-4-12(24)5-7-13/h3-10H,28H2,1-2H3,(H,29,31). The molecule has 4 aromatic rings. The predicted octanol–water partition coefficient (Wildman–Crippen LogP) is 5.97. The van der Waals surface area contributed by atoms with Gasteiger partial charge in [0, 0.05) is 16.6 Å². The maximum Gasteiger partial charge on any atom is 0.417 e. The lowest BCUT2D eigenvalue weighted by atomic mass is 10.0. The minimum absolute atomic E-state index is 0.0209. The number of rotatable bonds is 5. The number of hydrogen-bond donors (Lipinski definition) is 2. The smallest absolute Gasteiger partial charge is 0.417 e. The average molecular weight is 491 g/mol. The molecule has 176 valence electrons. The molecule has 0 spiro atoms. The second kappa shape index (κ2) is 8.82. The number of nitrogens with one attached hydrogen (secondary N) is 1. The molecule has 0 aliphatic heterocycles. The van der Waals surface area contributed by atoms with Crippen molar-refractivity contribution in [1.29, 1.82) is 0 Å². The number of halogens is 4. The van der Waals surface area contributed by atoms with Crippen LogP contribution in [0.15, 0.2) is 48.5 Å². The summed E-state index contributed by atoms with van der Waals surface area (Å²) in [6.07, 6.45) is -4.76. The summed E-state index contributed by atoms with van der Waals surface area (Å²) >= 11 is 0.733. The number of nitrogen functional groups attached to an aromatic ring is 1. The fourth-order valence-electron chi connectivity index (χ4n) is 3.38. The fourth-order valence-corrected chi connectivity index (χ4v) is 4.39. The number of ether oxygens (including phenoxy) is 2. The van der Waals surface area contributed by atoms with Crippen molar-refractivity contribution in [2.24, 2.45) is 0 Å². The second-order valence-corrected chi connectivity index (χ2v) is 8.11. The minimum Gasteiger partial charge on any atom is -0.493 e. The Balaban J connectivity index is 1.84. The highest BCUT2D eigenvalue weighted by Crippen LogP contribution is 2.44. The van der Waals surface area contributed by atoms with E-state index in [1.54, 1.807) is 12.1 Å². The van der Waals surface area contributed by atoms with Crippen molar-refractivity contribution in [3.8, 4) is 22.8 Å². The third-order valence-electron chi connectivity index (χ3n) is 4.99. The topological polar surface area (TPSA) is 86.5 Å². The molecule has 3 N–H and O–H groups in total. The Bertz CT molecular complexity index is 1390. The van der Waals surface area contributed by atoms with Crippen LogP contribution in [-0.4, -0.2) is 25.1 Å². The molecule has 11 heteroatoms. The van der Waals surface area contributed by atoms with E-state index >= 15 is 0 Å². The second-order valence-electron chi connectivity index (χ2n) is 7.11. The molecule has 0 unspecified atom stereocenters. The van der Waals surface area contributed by atoms with E-state index in [1.807, 2.05) is 0 Å². The van der Waals surface area contributed by atoms with Crippen LogP contribution in [0.25, 0.3) is 21.5 Å². The van der Waals surface area contributed by atoms with Gasteiger partial charge < -0.3 is 20.5 Å². The number of methoxy groups -OCH3 is 2. The first-order valence-corrected chi connectivity index (χ1v) is 10.5. The molecular formula is C23H17F4N3O3S. The van der Waals surface area contributed by atoms with Crippen LogP contribution in [0.2, 0.25) is 0 Å². The van der Waals surface area contributed by atoms with Gasteiger partial charge in [-0.05, 0) is 48.5 Å². The molecule has 2 aromatic carbocycles. The van der Waals surface area contributed by atoms with Crippen LogP contribution in [0.5, 0.6) is 11.5 Å². The Morgan fingerprint density at radius 2 is 1.71 bits per heavy atom. The SMILES string of the molecule is COc1ccc(-c2cc(C(F)(F)F)c3c(N)c(C(=O)Nc4ccc(F)cc4)sc3n2)cc1OC. The first-order chi connectivity index (χ1) is 16.1. The number of nitrogens with zero attached hydrogens (tertiary/aromatic N) is 1. The van der Waals surface area contributed by atoms with Crippen LogP contribution in [0.3, 0.4) is 0 Å². The number of anilines is 2. The van der Waals surface area contributed by atoms with Crippen LogP contribution < -0.4 is 20.5 Å². The van der Waals surface area contributed by atoms with E-state index in [-0.39, 0.29) is 32.2 Å². The van der Waals surface area contributed by atoms with Gasteiger partial charge in [0.05, 0.1) is 31.2 Å². The number of hydrogen-bond acceptors (Lipinski definition) is 6. The monoisotopic (exact) mass is 491 g/mol. The van der Waals surface area contributed by atoms with Crippen molar-refractivity contribution >= 4 is 38.8 Å². The number of alkyl halides is 3. The summed E-state index contributed by atoms with van der Waals surface area (Å²) in [4.78, 5) is 16.9. The number of nitrogens with two attached hydrogens (primary N) is 1. The molecule has 2 aromatic heterocycles. The summed E-state index contributed by atoms with van der Waals surface area (Å²) in [6.45, 7) is 0. The molecule has 6 nitrogen and oxygen atoms in total. The molecule has 0 fully saturated rings. The number of amides is 1. The first kappa shape index (κ1) is 23.3. The summed E-state index contributed by atoms with van der Waals surface area (Å²) in [5, 5.41) is 2.15. The number of benzene rings is 2. The van der Waals surface area contributed by atoms with Gasteiger partial charge >= 0.3 is 6.18 Å². The van der Waals surface area contributed by atoms with Crippen molar-refractivity contribution in [3.63, 3.8) is 0 Å². The molecule has 0 aliphatic carbocycles. The molecule has 4 rings (SSSR count). The van der Waals surface area contributed by atoms with E-state index < -0.39 is 23.5 Å². The lowest BCUT2D eigenvalue weighted by Crippen LogP contribution is -2.12. The van der Waals surface area contributed by atoms with Gasteiger partial charge in [0.15, 0.2) is 11.5 Å². The molecule has 0 radical (unpaired) electrons. The van der Waals surface area contributed by atoms with E-state index in [2.05, 4.69) is 10.3 Å². The number of thiophene rings is 1. The summed E-state index contributed by atoms with van der Waals surface area (Å²) in [6, 6.07) is 10.4. The normalized spacial score (nSPS) is 11.5. The lowest BCUT2D eigenvalue weighted by molar-refractivity contribution is -0.136. The van der Waals surface area contributed by atoms with Crippen molar-refractivity contribution in [2.75, 3.05) is 25.3 Å². The molecule has 0 saturated carbocycles. The largest absolute Gasteiger partial charge is 0.493 e. The van der Waals surface area contributed by atoms with Crippen LogP contribution in [0, 0.1) is 5.82 Å². The van der Waals surface area contributed by atoms with Crippen molar-refractivity contribution in [3.05, 3.63) is 64.8 Å². The van der Waals surface area contributed by atoms with E-state index in [4.69, 9.17) is 15.2 Å². The Morgan fingerprint density at radius 3 is 2.32 bits per heavy atom. The third kappa shape index (κ3) is 4.34. The van der Waals surface area contributed by atoms with E-state index in [9.17, 15) is 22.4 Å². The van der Waals surface area contributed by atoms with E-state index in [1.165, 1.54) is 32.4 Å². The zero-order valence-electron chi connectivity index (χ0n) is 17.8. The van der Waals surface area contributed by atoms with Crippen LogP contribution in [-0.2, 0) is 6.18 Å². The maximum absolute atomic E-state index is 14.0. The highest BCUT2D eigenvalue weighted by atomic mass is 32.1. The predicted molar refractivity (Wildman–Crippen MR) is 122 cm³/mol. The molecule has 0 atom stereocenters. The number of pyridine rings is 1. The lowest BCUT2D eigenvalue weighted by Gasteiger charge is -2.13. The molecular weight excluding hydrogens is 474 g/mol. The summed E-state index contributed by atoms with van der Waals surface area (Å²) in [5.74, 6) is -0.502. The minimum atomic E-state index is -4.76. The Morgan fingerprint density at radius 1 is 1.03 bits per heavy atom. The molecule has 1 amide bonds. The zero-order valence-corrected chi connectivity index (χ0v) is 18.6. The van der Waals surface area contributed by atoms with E-state index in [0.29, 0.717) is 17.1 Å². The van der Waals surface area contributed by atoms with Gasteiger partial charge in [0.25, 0.3) is 5.91 Å². The van der Waals surface area contributed by atoms with Gasteiger partial charge in [-0.25, -0.2) is 9.37 Å². The van der Waals surface area contributed by atoms with Crippen molar-refractivity contribution < 1.29 is 31.8 Å². The van der Waals surface area contributed by atoms with Gasteiger partial charge in [-0.1, -0.05) is 0 Å². The Labute approximate surface area is 194 Å². The van der Waals surface area contributed by atoms with Gasteiger partial charge in [0.1, 0.15) is 15.5 Å². The number of fused-ring (bicyclic) bond motifs is 1. The highest BCUT2D eigenvalue weighted by Gasteiger charge is 2.36. The number of carbonyl (C=O) groups excluding carboxylic acids is 1.